The monoisotopic (exact) mass is 221 g/mol. The number of nitrogens with zero attached hydrogens (tertiary/aromatic N) is 1. The van der Waals surface area contributed by atoms with Crippen molar-refractivity contribution in [1.82, 2.24) is 4.90 Å². The van der Waals surface area contributed by atoms with E-state index in [4.69, 9.17) is 9.84 Å². The van der Waals surface area contributed by atoms with Gasteiger partial charge in [0.25, 0.3) is 0 Å². The van der Waals surface area contributed by atoms with E-state index in [1.807, 2.05) is 30.3 Å². The van der Waals surface area contributed by atoms with Gasteiger partial charge in [-0.2, -0.15) is 0 Å². The van der Waals surface area contributed by atoms with Gasteiger partial charge in [0.1, 0.15) is 6.61 Å². The highest BCUT2D eigenvalue weighted by atomic mass is 16.6. The number of cyclic esters (lactones) is 1. The number of hydrogen-bond acceptors (Lipinski definition) is 3. The van der Waals surface area contributed by atoms with Crippen LogP contribution in [0.2, 0.25) is 0 Å². The molecule has 0 bridgehead atoms. The minimum atomic E-state index is -1.26. The highest BCUT2D eigenvalue weighted by molar-refractivity contribution is 5.88. The third-order valence-corrected chi connectivity index (χ3v) is 2.48. The molecule has 1 aromatic rings. The molecule has 1 aliphatic heterocycles. The maximum atomic E-state index is 11.1. The molecule has 1 N–H and O–H groups in total. The van der Waals surface area contributed by atoms with Crippen LogP contribution in [0.3, 0.4) is 0 Å². The van der Waals surface area contributed by atoms with Crippen LogP contribution >= 0.6 is 0 Å². The van der Waals surface area contributed by atoms with Gasteiger partial charge in [0, 0.05) is 0 Å². The van der Waals surface area contributed by atoms with Crippen LogP contribution in [0.1, 0.15) is 5.56 Å². The van der Waals surface area contributed by atoms with E-state index >= 15 is 0 Å². The van der Waals surface area contributed by atoms with Crippen LogP contribution in [0.5, 0.6) is 0 Å². The molecule has 5 heteroatoms. The molecule has 84 valence electrons. The SMILES string of the molecule is O=C(O)N1C(=O)OCC1Cc1ccccc1. The maximum Gasteiger partial charge on any atom is 0.419 e. The van der Waals surface area contributed by atoms with Gasteiger partial charge < -0.3 is 9.84 Å². The van der Waals surface area contributed by atoms with Crippen molar-refractivity contribution in [3.8, 4) is 0 Å². The van der Waals surface area contributed by atoms with E-state index in [2.05, 4.69) is 0 Å². The Morgan fingerprint density at radius 1 is 1.44 bits per heavy atom. The second-order valence-electron chi connectivity index (χ2n) is 3.57. The lowest BCUT2D eigenvalue weighted by molar-refractivity contribution is 0.135. The van der Waals surface area contributed by atoms with Crippen LogP contribution in [0.15, 0.2) is 30.3 Å². The lowest BCUT2D eigenvalue weighted by atomic mass is 10.1. The van der Waals surface area contributed by atoms with Crippen LogP contribution < -0.4 is 0 Å². The average molecular weight is 221 g/mol. The summed E-state index contributed by atoms with van der Waals surface area (Å²) in [6.07, 6.45) is -1.56. The molecule has 1 fully saturated rings. The molecule has 2 rings (SSSR count). The molecule has 2 amide bonds. The number of imide groups is 1. The number of benzene rings is 1. The maximum absolute atomic E-state index is 11.1. The Balaban J connectivity index is 2.10. The fourth-order valence-corrected chi connectivity index (χ4v) is 1.73. The van der Waals surface area contributed by atoms with E-state index in [-0.39, 0.29) is 6.61 Å². The molecule has 1 saturated heterocycles. The van der Waals surface area contributed by atoms with Gasteiger partial charge in [0.2, 0.25) is 0 Å². The van der Waals surface area contributed by atoms with Crippen LogP contribution in [0.4, 0.5) is 9.59 Å². The molecule has 1 aromatic carbocycles. The fraction of sp³-hybridized carbons (Fsp3) is 0.273. The van der Waals surface area contributed by atoms with E-state index < -0.39 is 18.2 Å². The number of hydrogen-bond donors (Lipinski definition) is 1. The smallest absolute Gasteiger partial charge is 0.419 e. The predicted octanol–water partition coefficient (Wildman–Crippen LogP) is 1.73. The highest BCUT2D eigenvalue weighted by Crippen LogP contribution is 2.17. The van der Waals surface area contributed by atoms with Crippen molar-refractivity contribution in [2.45, 2.75) is 12.5 Å². The number of carbonyl (C=O) groups excluding carboxylic acids is 1. The zero-order chi connectivity index (χ0) is 11.5. The summed E-state index contributed by atoms with van der Waals surface area (Å²) < 4.78 is 4.72. The Morgan fingerprint density at radius 3 is 2.75 bits per heavy atom. The summed E-state index contributed by atoms with van der Waals surface area (Å²) in [4.78, 5) is 22.7. The van der Waals surface area contributed by atoms with Gasteiger partial charge in [-0.05, 0) is 12.0 Å². The summed E-state index contributed by atoms with van der Waals surface area (Å²) >= 11 is 0. The summed E-state index contributed by atoms with van der Waals surface area (Å²) in [5, 5.41) is 8.86. The van der Waals surface area contributed by atoms with Crippen LogP contribution in [0, 0.1) is 0 Å². The first-order valence-corrected chi connectivity index (χ1v) is 4.91. The van der Waals surface area contributed by atoms with E-state index in [9.17, 15) is 9.59 Å². The Hall–Kier alpha value is -2.04. The molecule has 0 aromatic heterocycles. The second-order valence-corrected chi connectivity index (χ2v) is 3.57. The van der Waals surface area contributed by atoms with Crippen LogP contribution in [-0.4, -0.2) is 34.8 Å². The Labute approximate surface area is 92.2 Å². The minimum absolute atomic E-state index is 0.125. The Bertz CT molecular complexity index is 404. The lowest BCUT2D eigenvalue weighted by Crippen LogP contribution is -2.39. The van der Waals surface area contributed by atoms with Crippen molar-refractivity contribution < 1.29 is 19.4 Å². The second kappa shape index (κ2) is 4.22. The van der Waals surface area contributed by atoms with Gasteiger partial charge in [-0.25, -0.2) is 14.5 Å². The van der Waals surface area contributed by atoms with Gasteiger partial charge in [-0.1, -0.05) is 30.3 Å². The van der Waals surface area contributed by atoms with Crippen molar-refractivity contribution in [3.63, 3.8) is 0 Å². The van der Waals surface area contributed by atoms with Gasteiger partial charge in [0.05, 0.1) is 6.04 Å². The summed E-state index contributed by atoms with van der Waals surface area (Å²) in [5.74, 6) is 0. The van der Waals surface area contributed by atoms with Crippen LogP contribution in [0.25, 0.3) is 0 Å². The zero-order valence-corrected chi connectivity index (χ0v) is 8.50. The van der Waals surface area contributed by atoms with Crippen molar-refractivity contribution in [2.24, 2.45) is 0 Å². The first-order chi connectivity index (χ1) is 7.68. The number of carboxylic acid groups (broad SMARTS) is 1. The molecule has 0 spiro atoms. The summed E-state index contributed by atoms with van der Waals surface area (Å²) in [7, 11) is 0. The minimum Gasteiger partial charge on any atom is -0.465 e. The average Bonchev–Trinajstić information content (AvgIpc) is 2.61. The normalized spacial score (nSPS) is 19.6. The first-order valence-electron chi connectivity index (χ1n) is 4.91. The quantitative estimate of drug-likeness (QED) is 0.825. The predicted molar refractivity (Wildman–Crippen MR) is 55.1 cm³/mol. The summed E-state index contributed by atoms with van der Waals surface area (Å²) in [6, 6.07) is 8.99. The summed E-state index contributed by atoms with van der Waals surface area (Å²) in [6.45, 7) is 0.125. The zero-order valence-electron chi connectivity index (χ0n) is 8.50. The molecule has 5 nitrogen and oxygen atoms in total. The lowest BCUT2D eigenvalue weighted by Gasteiger charge is -2.15. The first kappa shape index (κ1) is 10.5. The fourth-order valence-electron chi connectivity index (χ4n) is 1.73. The molecule has 16 heavy (non-hydrogen) atoms. The molecule has 0 radical (unpaired) electrons. The van der Waals surface area contributed by atoms with E-state index in [0.717, 1.165) is 10.5 Å². The Morgan fingerprint density at radius 2 is 2.12 bits per heavy atom. The van der Waals surface area contributed by atoms with Gasteiger partial charge in [0.15, 0.2) is 0 Å². The molecule has 1 aliphatic rings. The summed E-state index contributed by atoms with van der Waals surface area (Å²) in [5.41, 5.74) is 0.983. The molecule has 0 aliphatic carbocycles. The van der Waals surface area contributed by atoms with Crippen molar-refractivity contribution in [3.05, 3.63) is 35.9 Å². The third-order valence-electron chi connectivity index (χ3n) is 2.48. The number of carbonyl (C=O) groups is 2. The molecule has 1 heterocycles. The highest BCUT2D eigenvalue weighted by Gasteiger charge is 2.37. The van der Waals surface area contributed by atoms with Crippen LogP contribution in [-0.2, 0) is 11.2 Å². The van der Waals surface area contributed by atoms with Crippen molar-refractivity contribution in [2.75, 3.05) is 6.61 Å². The van der Waals surface area contributed by atoms with Crippen molar-refractivity contribution >= 4 is 12.2 Å². The topological polar surface area (TPSA) is 66.8 Å². The third kappa shape index (κ3) is 1.98. The number of amides is 2. The van der Waals surface area contributed by atoms with Gasteiger partial charge in [-0.3, -0.25) is 0 Å². The molecule has 1 atom stereocenters. The van der Waals surface area contributed by atoms with E-state index in [0.29, 0.717) is 6.42 Å². The number of rotatable bonds is 2. The van der Waals surface area contributed by atoms with E-state index in [1.165, 1.54) is 0 Å². The molecule has 0 saturated carbocycles. The largest absolute Gasteiger partial charge is 0.465 e. The standard InChI is InChI=1S/C11H11NO4/c13-10(14)12-9(7-16-11(12)15)6-8-4-2-1-3-5-8/h1-5,9H,6-7H2,(H,13,14). The molecular weight excluding hydrogens is 210 g/mol. The van der Waals surface area contributed by atoms with Gasteiger partial charge in [-0.15, -0.1) is 0 Å². The van der Waals surface area contributed by atoms with Crippen molar-refractivity contribution in [1.29, 1.82) is 0 Å². The Kier molecular flexibility index (Phi) is 2.76. The van der Waals surface area contributed by atoms with Gasteiger partial charge >= 0.3 is 12.2 Å². The molecule has 1 unspecified atom stereocenters. The van der Waals surface area contributed by atoms with E-state index in [1.54, 1.807) is 0 Å². The molecular formula is C11H11NO4. The number of ether oxygens (including phenoxy) is 1.